The summed E-state index contributed by atoms with van der Waals surface area (Å²) in [6.07, 6.45) is 6.31. The monoisotopic (exact) mass is 531 g/mol. The minimum atomic E-state index is -0.916. The van der Waals surface area contributed by atoms with Crippen LogP contribution in [0.25, 0.3) is 17.2 Å². The second-order valence-corrected chi connectivity index (χ2v) is 10.9. The number of H-pyrrole nitrogens is 1. The van der Waals surface area contributed by atoms with Gasteiger partial charge in [-0.05, 0) is 43.4 Å². The number of amides is 1. The molecule has 4 aromatic rings. The molecule has 2 aromatic carbocycles. The van der Waals surface area contributed by atoms with Crippen molar-refractivity contribution in [3.05, 3.63) is 87.3 Å². The van der Waals surface area contributed by atoms with Crippen molar-refractivity contribution in [2.24, 2.45) is 0 Å². The van der Waals surface area contributed by atoms with Gasteiger partial charge in [0, 0.05) is 34.3 Å². The second kappa shape index (κ2) is 10.0. The Bertz CT molecular complexity index is 1500. The number of hydrogen-bond acceptors (Lipinski definition) is 5. The van der Waals surface area contributed by atoms with Crippen LogP contribution >= 0.6 is 11.6 Å². The average Bonchev–Trinajstić information content (AvgIpc) is 3.61. The average molecular weight is 532 g/mol. The molecule has 196 valence electrons. The highest BCUT2D eigenvalue weighted by Gasteiger charge is 2.47. The first kappa shape index (κ1) is 24.8. The quantitative estimate of drug-likeness (QED) is 0.340. The van der Waals surface area contributed by atoms with Gasteiger partial charge in [0.05, 0.1) is 6.61 Å². The predicted molar refractivity (Wildman–Crippen MR) is 145 cm³/mol. The first-order chi connectivity index (χ1) is 18.5. The third-order valence-corrected chi connectivity index (χ3v) is 8.15. The Morgan fingerprint density at radius 3 is 2.47 bits per heavy atom. The van der Waals surface area contributed by atoms with E-state index in [9.17, 15) is 9.59 Å². The van der Waals surface area contributed by atoms with Crippen LogP contribution in [0, 0.1) is 0 Å². The number of hydrogen-bond donors (Lipinski definition) is 2. The molecule has 2 aliphatic carbocycles. The molecule has 2 N–H and O–H groups in total. The van der Waals surface area contributed by atoms with Crippen molar-refractivity contribution in [2.45, 2.75) is 62.6 Å². The summed E-state index contributed by atoms with van der Waals surface area (Å²) in [6.45, 7) is 0.679. The number of nitrogens with zero attached hydrogens (tertiary/aromatic N) is 3. The molecule has 0 bridgehead atoms. The Labute approximate surface area is 225 Å². The van der Waals surface area contributed by atoms with E-state index in [0.717, 1.165) is 37.7 Å². The highest BCUT2D eigenvalue weighted by atomic mass is 35.5. The molecular formula is C29H30ClN5O3. The van der Waals surface area contributed by atoms with Crippen LogP contribution in [0.3, 0.4) is 0 Å². The molecule has 0 atom stereocenters. The van der Waals surface area contributed by atoms with E-state index in [1.165, 1.54) is 16.1 Å². The number of rotatable bonds is 8. The van der Waals surface area contributed by atoms with Crippen molar-refractivity contribution < 1.29 is 9.53 Å². The number of carbonyl (C=O) groups excluding carboxylic acids is 1. The van der Waals surface area contributed by atoms with Crippen LogP contribution in [-0.2, 0) is 21.6 Å². The van der Waals surface area contributed by atoms with Gasteiger partial charge in [-0.15, -0.1) is 5.10 Å². The molecule has 2 saturated carbocycles. The zero-order chi connectivity index (χ0) is 26.2. The Morgan fingerprint density at radius 2 is 1.76 bits per heavy atom. The van der Waals surface area contributed by atoms with Crippen LogP contribution in [0.5, 0.6) is 0 Å². The van der Waals surface area contributed by atoms with Crippen LogP contribution in [0.1, 0.15) is 56.2 Å². The summed E-state index contributed by atoms with van der Waals surface area (Å²) < 4.78 is 7.61. The van der Waals surface area contributed by atoms with Gasteiger partial charge in [-0.3, -0.25) is 9.59 Å². The van der Waals surface area contributed by atoms with E-state index in [1.807, 2.05) is 42.5 Å². The molecule has 1 amide bonds. The lowest BCUT2D eigenvalue weighted by Crippen LogP contribution is -2.51. The maximum atomic E-state index is 13.6. The van der Waals surface area contributed by atoms with Crippen LogP contribution < -0.4 is 10.9 Å². The summed E-state index contributed by atoms with van der Waals surface area (Å²) in [4.78, 5) is 34.0. The molecule has 2 aliphatic rings. The van der Waals surface area contributed by atoms with E-state index in [0.29, 0.717) is 41.7 Å². The summed E-state index contributed by atoms with van der Waals surface area (Å²) in [6, 6.07) is 18.9. The van der Waals surface area contributed by atoms with Gasteiger partial charge in [0.15, 0.2) is 5.82 Å². The maximum Gasteiger partial charge on any atom is 0.275 e. The van der Waals surface area contributed by atoms with Crippen LogP contribution in [0.2, 0.25) is 5.02 Å². The van der Waals surface area contributed by atoms with E-state index in [2.05, 4.69) is 32.5 Å². The Kier molecular flexibility index (Phi) is 6.53. The highest BCUT2D eigenvalue weighted by Crippen LogP contribution is 2.48. The maximum absolute atomic E-state index is 13.6. The Balaban J connectivity index is 1.18. The van der Waals surface area contributed by atoms with Crippen LogP contribution in [-0.4, -0.2) is 37.6 Å². The fourth-order valence-electron chi connectivity index (χ4n) is 5.43. The lowest BCUT2D eigenvalue weighted by molar-refractivity contribution is -0.154. The summed E-state index contributed by atoms with van der Waals surface area (Å²) in [5.41, 5.74) is 1.35. The van der Waals surface area contributed by atoms with Crippen molar-refractivity contribution in [2.75, 3.05) is 6.54 Å². The number of aromatic amines is 1. The van der Waals surface area contributed by atoms with Crippen LogP contribution in [0.4, 0.5) is 0 Å². The Hall–Kier alpha value is -3.49. The molecule has 0 spiro atoms. The van der Waals surface area contributed by atoms with E-state index in [-0.39, 0.29) is 23.5 Å². The molecule has 0 unspecified atom stereocenters. The number of benzene rings is 2. The van der Waals surface area contributed by atoms with Gasteiger partial charge in [-0.2, -0.15) is 9.50 Å². The van der Waals surface area contributed by atoms with Crippen molar-refractivity contribution >= 4 is 23.3 Å². The lowest BCUT2D eigenvalue weighted by Gasteiger charge is -2.36. The smallest absolute Gasteiger partial charge is 0.275 e. The first-order valence-electron chi connectivity index (χ1n) is 13.2. The standard InChI is InChI=1S/C29H30ClN5O3/c30-22-11-9-21(10-12-22)28(15-16-28)19-31-26(37)29(13-5-2-6-14-29)38-18-23-17-24(36)35-27(32-23)33-25(34-35)20-7-3-1-4-8-20/h1,3-4,7-12,17H,2,5-6,13-16,18-19H2,(H,31,37)(H,32,33,34). The molecule has 9 heteroatoms. The normalized spacial score (nSPS) is 17.8. The topological polar surface area (TPSA) is 101 Å². The fourth-order valence-corrected chi connectivity index (χ4v) is 5.56. The molecule has 2 heterocycles. The summed E-state index contributed by atoms with van der Waals surface area (Å²) >= 11 is 6.07. The fraction of sp³-hybridized carbons (Fsp3) is 0.379. The second-order valence-electron chi connectivity index (χ2n) is 10.5. The predicted octanol–water partition coefficient (Wildman–Crippen LogP) is 4.81. The van der Waals surface area contributed by atoms with Gasteiger partial charge in [0.25, 0.3) is 11.5 Å². The van der Waals surface area contributed by atoms with Crippen molar-refractivity contribution in [1.29, 1.82) is 0 Å². The molecule has 6 rings (SSSR count). The number of fused-ring (bicyclic) bond motifs is 1. The number of nitrogens with one attached hydrogen (secondary N) is 2. The molecule has 0 saturated heterocycles. The van der Waals surface area contributed by atoms with Gasteiger partial charge in [-0.1, -0.05) is 73.3 Å². The molecule has 38 heavy (non-hydrogen) atoms. The van der Waals surface area contributed by atoms with Crippen molar-refractivity contribution in [3.8, 4) is 11.4 Å². The van der Waals surface area contributed by atoms with Crippen molar-refractivity contribution in [1.82, 2.24) is 24.9 Å². The van der Waals surface area contributed by atoms with Gasteiger partial charge < -0.3 is 15.0 Å². The number of ether oxygens (including phenoxy) is 1. The summed E-state index contributed by atoms with van der Waals surface area (Å²) in [5.74, 6) is 0.736. The molecule has 2 fully saturated rings. The number of halogens is 1. The summed E-state index contributed by atoms with van der Waals surface area (Å²) in [5, 5.41) is 8.27. The lowest BCUT2D eigenvalue weighted by atomic mass is 9.83. The van der Waals surface area contributed by atoms with Crippen LogP contribution in [0.15, 0.2) is 65.5 Å². The molecule has 0 aliphatic heterocycles. The third kappa shape index (κ3) is 4.86. The number of carbonyl (C=O) groups is 1. The minimum Gasteiger partial charge on any atom is -0.359 e. The van der Waals surface area contributed by atoms with Crippen molar-refractivity contribution in [3.63, 3.8) is 0 Å². The Morgan fingerprint density at radius 1 is 1.03 bits per heavy atom. The van der Waals surface area contributed by atoms with Gasteiger partial charge in [0.1, 0.15) is 5.60 Å². The highest BCUT2D eigenvalue weighted by molar-refractivity contribution is 6.30. The molecule has 2 aromatic heterocycles. The van der Waals surface area contributed by atoms with E-state index in [4.69, 9.17) is 16.3 Å². The van der Waals surface area contributed by atoms with Gasteiger partial charge >= 0.3 is 0 Å². The first-order valence-corrected chi connectivity index (χ1v) is 13.6. The third-order valence-electron chi connectivity index (χ3n) is 7.89. The minimum absolute atomic E-state index is 0.0312. The summed E-state index contributed by atoms with van der Waals surface area (Å²) in [7, 11) is 0. The molecule has 8 nitrogen and oxygen atoms in total. The van der Waals surface area contributed by atoms with Gasteiger partial charge in [0.2, 0.25) is 5.78 Å². The molecule has 0 radical (unpaired) electrons. The van der Waals surface area contributed by atoms with Gasteiger partial charge in [-0.25, -0.2) is 0 Å². The van der Waals surface area contributed by atoms with E-state index < -0.39 is 5.60 Å². The molecular weight excluding hydrogens is 502 g/mol. The zero-order valence-corrected chi connectivity index (χ0v) is 21.8. The largest absolute Gasteiger partial charge is 0.359 e. The van der Waals surface area contributed by atoms with E-state index in [1.54, 1.807) is 0 Å². The zero-order valence-electron chi connectivity index (χ0n) is 21.1. The SMILES string of the molecule is O=C(NCC1(c2ccc(Cl)cc2)CC1)C1(OCc2cc(=O)n3nc(-c4ccccc4)nc3[nH]2)CCCCC1. The number of aromatic nitrogens is 4. The van der Waals surface area contributed by atoms with E-state index >= 15 is 0 Å².